The molecule has 0 heterocycles. The quantitative estimate of drug-likeness (QED) is 0.140. The first kappa shape index (κ1) is 53.7. The van der Waals surface area contributed by atoms with Gasteiger partial charge in [-0.15, -0.1) is 0 Å². The van der Waals surface area contributed by atoms with Crippen LogP contribution in [0.2, 0.25) is 0 Å². The molecule has 7 N–H and O–H groups in total. The number of hydrogen-bond acceptors (Lipinski definition) is 15. The van der Waals surface area contributed by atoms with Crippen molar-refractivity contribution in [1.29, 1.82) is 0 Å². The Labute approximate surface area is 380 Å². The van der Waals surface area contributed by atoms with Crippen molar-refractivity contribution in [2.75, 3.05) is 33.4 Å². The summed E-state index contributed by atoms with van der Waals surface area (Å²) in [5.41, 5.74) is 7.21. The summed E-state index contributed by atoms with van der Waals surface area (Å²) < 4.78 is 87.6. The molecule has 6 aliphatic rings. The highest BCUT2D eigenvalue weighted by Gasteiger charge is 2.49. The van der Waals surface area contributed by atoms with E-state index in [9.17, 15) is 42.7 Å². The smallest absolute Gasteiger partial charge is 0.274 e. The normalized spacial score (nSPS) is 41.8. The minimum Gasteiger partial charge on any atom is -0.756 e. The number of rotatable bonds is 20. The Morgan fingerprint density at radius 1 is 0.500 bits per heavy atom. The molecule has 6 fully saturated rings. The summed E-state index contributed by atoms with van der Waals surface area (Å²) in [6.45, 7) is 2.34. The molecule has 22 heteroatoms. The van der Waals surface area contributed by atoms with Gasteiger partial charge in [-0.25, -0.2) is 4.31 Å². The van der Waals surface area contributed by atoms with Gasteiger partial charge in [-0.1, -0.05) is 45.4 Å². The highest BCUT2D eigenvalue weighted by molar-refractivity contribution is 7.59. The van der Waals surface area contributed by atoms with Crippen molar-refractivity contribution in [2.24, 2.45) is 65.1 Å². The van der Waals surface area contributed by atoms with Crippen LogP contribution in [0, 0.1) is 65.1 Å². The van der Waals surface area contributed by atoms with Crippen molar-refractivity contribution in [3.05, 3.63) is 0 Å². The van der Waals surface area contributed by atoms with Crippen molar-refractivity contribution in [3.8, 4) is 0 Å². The fourth-order valence-electron chi connectivity index (χ4n) is 13.7. The summed E-state index contributed by atoms with van der Waals surface area (Å²) >= 11 is 0. The van der Waals surface area contributed by atoms with Crippen molar-refractivity contribution < 1.29 is 85.9 Å². The molecule has 0 aliphatic heterocycles. The molecule has 18 nitrogen and oxygen atoms in total. The Morgan fingerprint density at radius 2 is 1.03 bits per heavy atom. The minimum absolute atomic E-state index is 0.00160. The van der Waals surface area contributed by atoms with Crippen molar-refractivity contribution in [3.63, 3.8) is 0 Å². The van der Waals surface area contributed by atoms with Crippen LogP contribution in [-0.4, -0.2) is 62.7 Å². The Morgan fingerprint density at radius 3 is 1.69 bits per heavy atom. The summed E-state index contributed by atoms with van der Waals surface area (Å²) in [5, 5.41) is 0. The Balaban J connectivity index is 1.18. The number of methoxy groups -OCH3 is 1. The van der Waals surface area contributed by atoms with Crippen molar-refractivity contribution in [1.82, 2.24) is 0 Å². The van der Waals surface area contributed by atoms with Gasteiger partial charge in [0, 0.05) is 7.11 Å². The van der Waals surface area contributed by atoms with Crippen LogP contribution in [0.4, 0.5) is 0 Å². The van der Waals surface area contributed by atoms with Crippen LogP contribution in [-0.2, 0) is 49.9 Å². The van der Waals surface area contributed by atoms with Crippen LogP contribution in [0.25, 0.3) is 0 Å². The third-order valence-electron chi connectivity index (χ3n) is 16.3. The lowest BCUT2D eigenvalue weighted by Gasteiger charge is -2.51. The van der Waals surface area contributed by atoms with E-state index in [2.05, 4.69) is 22.7 Å². The molecule has 0 amide bonds. The van der Waals surface area contributed by atoms with Crippen molar-refractivity contribution >= 4 is 31.3 Å². The van der Waals surface area contributed by atoms with Gasteiger partial charge in [0.25, 0.3) is 31.3 Å². The zero-order chi connectivity index (χ0) is 46.3. The largest absolute Gasteiger partial charge is 0.756 e. The molecule has 0 spiro atoms. The molecule has 0 saturated heterocycles. The maximum absolute atomic E-state index is 13.6. The minimum atomic E-state index is -5.42. The molecule has 0 aromatic heterocycles. The third-order valence-corrected chi connectivity index (χ3v) is 20.5. The predicted octanol–water partition coefficient (Wildman–Crippen LogP) is 4.63. The highest BCUT2D eigenvalue weighted by Crippen LogP contribution is 2.60. The van der Waals surface area contributed by atoms with Crippen LogP contribution in [0.3, 0.4) is 0 Å². The van der Waals surface area contributed by atoms with E-state index in [-0.39, 0.29) is 67.3 Å². The van der Waals surface area contributed by atoms with E-state index in [0.717, 1.165) is 96.3 Å². The van der Waals surface area contributed by atoms with Gasteiger partial charge >= 0.3 is 0 Å². The fraction of sp³-hybridized carbons (Fsp3) is 1.00. The van der Waals surface area contributed by atoms with Crippen LogP contribution in [0.5, 0.6) is 0 Å². The number of hydrogen-bond donors (Lipinski definition) is 3. The summed E-state index contributed by atoms with van der Waals surface area (Å²) in [4.78, 5) is 59.9. The second-order valence-electron chi connectivity index (χ2n) is 20.4. The van der Waals surface area contributed by atoms with E-state index in [1.807, 2.05) is 0 Å². The third kappa shape index (κ3) is 15.7. The van der Waals surface area contributed by atoms with Crippen molar-refractivity contribution in [2.45, 2.75) is 166 Å². The molecule has 0 aromatic rings. The van der Waals surface area contributed by atoms with Gasteiger partial charge in [-0.3, -0.25) is 18.3 Å². The van der Waals surface area contributed by atoms with E-state index in [4.69, 9.17) is 27.4 Å². The lowest BCUT2D eigenvalue weighted by Crippen LogP contribution is -2.52. The molecule has 0 aromatic carbocycles. The molecule has 64 heavy (non-hydrogen) atoms. The number of quaternary nitrogens is 2. The summed E-state index contributed by atoms with van der Waals surface area (Å²) in [6, 6.07) is 0. The highest BCUT2D eigenvalue weighted by atomic mass is 31.3. The lowest BCUT2D eigenvalue weighted by molar-refractivity contribution is -0.373. The maximum Gasteiger partial charge on any atom is 0.274 e. The first-order chi connectivity index (χ1) is 30.3. The lowest BCUT2D eigenvalue weighted by atomic mass is 9.57. The average molecular weight is 991 g/mol. The van der Waals surface area contributed by atoms with Gasteiger partial charge in [0.1, 0.15) is 13.2 Å². The molecule has 19 atom stereocenters. The first-order valence-corrected chi connectivity index (χ1v) is 30.3. The van der Waals surface area contributed by atoms with Gasteiger partial charge in [-0.05, 0) is 161 Å². The van der Waals surface area contributed by atoms with Crippen LogP contribution in [0.15, 0.2) is 0 Å². The topological polar surface area (TPSA) is 301 Å². The molecule has 374 valence electrons. The van der Waals surface area contributed by atoms with Gasteiger partial charge in [0.2, 0.25) is 0 Å². The van der Waals surface area contributed by atoms with Gasteiger partial charge in [-0.2, -0.15) is 0 Å². The summed E-state index contributed by atoms with van der Waals surface area (Å²) in [5.74, 6) is 2.48. The Hall–Kier alpha value is 0.360. The van der Waals surface area contributed by atoms with Crippen LogP contribution < -0.4 is 31.0 Å². The van der Waals surface area contributed by atoms with Gasteiger partial charge in [0.05, 0.1) is 37.5 Å². The zero-order valence-corrected chi connectivity index (χ0v) is 41.7. The second kappa shape index (κ2) is 24.0. The zero-order valence-electron chi connectivity index (χ0n) is 38.1. The predicted molar refractivity (Wildman–Crippen MR) is 228 cm³/mol. The molecule has 19 unspecified atom stereocenters. The molecule has 0 bridgehead atoms. The Bertz CT molecular complexity index is 1660. The SMILES string of the molecule is COC1CCC(C2CCC(C3CCC(C)CC3C3CCCC(OP(=O)([O-])O)C3)CC2OP(=O)([O-])OP(=O)([O-])OCC[NH3+])CC1C1CCCC(C2CCCC(OP(=O)([O-])OCC[NH3+])C2)C1. The van der Waals surface area contributed by atoms with E-state index in [0.29, 0.717) is 68.7 Å². The van der Waals surface area contributed by atoms with Crippen LogP contribution in [0.1, 0.15) is 142 Å². The van der Waals surface area contributed by atoms with E-state index in [1.165, 1.54) is 0 Å². The molecule has 6 saturated carbocycles. The Kier molecular flexibility index (Phi) is 20.1. The molecular weight excluding hydrogens is 912 g/mol. The molecule has 6 aliphatic carbocycles. The average Bonchev–Trinajstić information content (AvgIpc) is 3.23. The monoisotopic (exact) mass is 990 g/mol. The van der Waals surface area contributed by atoms with E-state index < -0.39 is 49.6 Å². The first-order valence-electron chi connectivity index (χ1n) is 24.4. The van der Waals surface area contributed by atoms with Crippen LogP contribution >= 0.6 is 31.3 Å². The molecule has 0 radical (unpaired) electrons. The van der Waals surface area contributed by atoms with Gasteiger partial charge in [0.15, 0.2) is 0 Å². The standard InChI is InChI=1S/C42H80N2O16P4/c1-28-12-15-37(39(22-28)32-9-5-10-35(25-32)57-61(45,46)47)34-13-16-38(42(27-34)59-64(52,53)60-63(50,51)56-21-19-44)33-14-17-41(54-2)40(26-33)31-8-3-6-29(23-31)30-7-4-11-36(24-30)58-62(48,49)55-20-18-43/h28-42H,3-27,43-44H2,1-2H3,(H,48,49)(H,50,51)(H,52,53)(H2,45,46,47)/p-2. The number of phosphoric acid groups is 4. The fourth-order valence-corrected chi connectivity index (χ4v) is 17.5. The molecular formula is C42H78N2O16P4-2. The maximum atomic E-state index is 13.6. The number of ether oxygens (including phenoxy) is 1. The van der Waals surface area contributed by atoms with Gasteiger partial charge < -0.3 is 63.3 Å². The molecule has 6 rings (SSSR count). The van der Waals surface area contributed by atoms with E-state index in [1.54, 1.807) is 7.11 Å². The summed E-state index contributed by atoms with van der Waals surface area (Å²) in [7, 11) is -18.2. The second-order valence-corrected chi connectivity index (χ2v) is 25.8. The summed E-state index contributed by atoms with van der Waals surface area (Å²) in [6.07, 6.45) is 15.8. The van der Waals surface area contributed by atoms with E-state index >= 15 is 0 Å². The number of phosphoric ester groups is 4.